The minimum atomic E-state index is 0.372. The minimum absolute atomic E-state index is 0.372. The maximum atomic E-state index is 13.4. The van der Waals surface area contributed by atoms with Crippen LogP contribution < -0.4 is 0 Å². The molecule has 0 saturated heterocycles. The van der Waals surface area contributed by atoms with Crippen molar-refractivity contribution in [3.8, 4) is 0 Å². The second-order valence-corrected chi connectivity index (χ2v) is 4.69. The van der Waals surface area contributed by atoms with Gasteiger partial charge >= 0.3 is 6.17 Å². The lowest BCUT2D eigenvalue weighted by atomic mass is 9.55. The summed E-state index contributed by atoms with van der Waals surface area (Å²) in [7, 11) is 0. The van der Waals surface area contributed by atoms with Gasteiger partial charge < -0.3 is 0 Å². The van der Waals surface area contributed by atoms with Crippen LogP contribution in [0.3, 0.4) is 0 Å². The third-order valence-electron chi connectivity index (χ3n) is 3.92. The van der Waals surface area contributed by atoms with E-state index in [-0.39, 0.29) is 0 Å². The summed E-state index contributed by atoms with van der Waals surface area (Å²) in [4.78, 5) is 0. The highest BCUT2D eigenvalue weighted by molar-refractivity contribution is 5.07. The van der Waals surface area contributed by atoms with Crippen LogP contribution >= 0.6 is 0 Å². The maximum Gasteiger partial charge on any atom is 0.305 e. The average Bonchev–Trinajstić information content (AvgIpc) is 1.98. The summed E-state index contributed by atoms with van der Waals surface area (Å²) in [5, 5.41) is 0. The quantitative estimate of drug-likeness (QED) is 0.469. The Morgan fingerprint density at radius 1 is 0.818 bits per heavy atom. The lowest BCUT2D eigenvalue weighted by molar-refractivity contribution is 0.00501. The van der Waals surface area contributed by atoms with Gasteiger partial charge in [0.05, 0.1) is 0 Å². The highest BCUT2D eigenvalue weighted by atomic mass is 19.1. The summed E-state index contributed by atoms with van der Waals surface area (Å²) in [6.07, 6.45) is 6.51. The smallest absolute Gasteiger partial charge is 0.0469 e. The second kappa shape index (κ2) is 1.94. The van der Waals surface area contributed by atoms with Crippen LogP contribution in [0, 0.1) is 29.8 Å². The fraction of sp³-hybridized carbons (Fsp3) is 0.900. The molecule has 11 heavy (non-hydrogen) atoms. The summed E-state index contributed by atoms with van der Waals surface area (Å²) < 4.78 is 13.4. The van der Waals surface area contributed by atoms with Gasteiger partial charge in [-0.05, 0) is 48.3 Å². The van der Waals surface area contributed by atoms with E-state index >= 15 is 0 Å². The Balaban J connectivity index is 1.91. The van der Waals surface area contributed by atoms with Crippen molar-refractivity contribution in [3.05, 3.63) is 6.17 Å². The van der Waals surface area contributed by atoms with Crippen molar-refractivity contribution in [3.63, 3.8) is 0 Å². The summed E-state index contributed by atoms with van der Waals surface area (Å²) in [5.74, 6) is 2.59. The topological polar surface area (TPSA) is 0 Å². The highest BCUT2D eigenvalue weighted by Gasteiger charge is 2.57. The summed E-state index contributed by atoms with van der Waals surface area (Å²) in [6, 6.07) is 0. The fourth-order valence-electron chi connectivity index (χ4n) is 3.63. The first-order valence-electron chi connectivity index (χ1n) is 4.85. The molecule has 0 aromatic heterocycles. The SMILES string of the molecule is F[C+]1C2CC3CC(C2)CC1C3. The van der Waals surface area contributed by atoms with Crippen LogP contribution in [0.4, 0.5) is 4.39 Å². The molecular formula is C10H14F+. The molecule has 0 aromatic rings. The first kappa shape index (κ1) is 6.33. The normalized spacial score (nSPS) is 53.7. The molecule has 4 rings (SSSR count). The van der Waals surface area contributed by atoms with Gasteiger partial charge in [-0.25, -0.2) is 0 Å². The molecule has 0 amide bonds. The Kier molecular flexibility index (Phi) is 1.11. The van der Waals surface area contributed by atoms with E-state index in [4.69, 9.17) is 0 Å². The molecule has 1 heteroatoms. The number of hydrogen-bond acceptors (Lipinski definition) is 0. The summed E-state index contributed by atoms with van der Waals surface area (Å²) in [6.45, 7) is 0. The third kappa shape index (κ3) is 0.771. The van der Waals surface area contributed by atoms with E-state index in [1.807, 2.05) is 0 Å². The van der Waals surface area contributed by atoms with Gasteiger partial charge in [0.15, 0.2) is 0 Å². The van der Waals surface area contributed by atoms with Crippen molar-refractivity contribution in [1.29, 1.82) is 0 Å². The zero-order valence-corrected chi connectivity index (χ0v) is 6.72. The van der Waals surface area contributed by atoms with Crippen LogP contribution in [0.15, 0.2) is 0 Å². The molecule has 0 aromatic carbocycles. The van der Waals surface area contributed by atoms with Crippen molar-refractivity contribution < 1.29 is 4.39 Å². The van der Waals surface area contributed by atoms with Crippen molar-refractivity contribution in [1.82, 2.24) is 0 Å². The van der Waals surface area contributed by atoms with E-state index < -0.39 is 0 Å². The van der Waals surface area contributed by atoms with Gasteiger partial charge in [0.2, 0.25) is 0 Å². The van der Waals surface area contributed by atoms with Gasteiger partial charge in [-0.2, -0.15) is 0 Å². The molecule has 0 unspecified atom stereocenters. The summed E-state index contributed by atoms with van der Waals surface area (Å²) >= 11 is 0. The molecule has 0 aliphatic heterocycles. The molecule has 0 nitrogen and oxygen atoms in total. The Labute approximate surface area is 67.2 Å². The van der Waals surface area contributed by atoms with E-state index in [0.717, 1.165) is 11.8 Å². The fourth-order valence-corrected chi connectivity index (χ4v) is 3.63. The standard InChI is InChI=1S/C10H14F/c11-10-8-2-6-1-7(4-8)5-9(10)3-6/h6-9H,1-5H2/q+1. The minimum Gasteiger partial charge on any atom is -0.0469 e. The highest BCUT2D eigenvalue weighted by Crippen LogP contribution is 2.57. The molecule has 4 aliphatic rings. The lowest BCUT2D eigenvalue weighted by Crippen LogP contribution is -2.42. The monoisotopic (exact) mass is 153 g/mol. The van der Waals surface area contributed by atoms with Gasteiger partial charge in [-0.15, -0.1) is 0 Å². The molecule has 0 radical (unpaired) electrons. The van der Waals surface area contributed by atoms with E-state index in [1.165, 1.54) is 32.1 Å². The van der Waals surface area contributed by atoms with E-state index in [2.05, 4.69) is 0 Å². The lowest BCUT2D eigenvalue weighted by Gasteiger charge is -2.44. The molecule has 0 spiro atoms. The number of halogens is 1. The van der Waals surface area contributed by atoms with Crippen molar-refractivity contribution in [2.75, 3.05) is 0 Å². The Bertz CT molecular complexity index is 148. The van der Waals surface area contributed by atoms with Gasteiger partial charge in [0.1, 0.15) is 11.8 Å². The predicted molar refractivity (Wildman–Crippen MR) is 41.4 cm³/mol. The molecule has 4 fully saturated rings. The maximum absolute atomic E-state index is 13.4. The van der Waals surface area contributed by atoms with E-state index in [0.29, 0.717) is 18.0 Å². The number of rotatable bonds is 0. The number of hydrogen-bond donors (Lipinski definition) is 0. The van der Waals surface area contributed by atoms with Gasteiger partial charge in [-0.1, -0.05) is 0 Å². The molecule has 0 heterocycles. The molecular weight excluding hydrogens is 139 g/mol. The largest absolute Gasteiger partial charge is 0.305 e. The zero-order valence-electron chi connectivity index (χ0n) is 6.72. The Morgan fingerprint density at radius 3 is 1.73 bits per heavy atom. The molecule has 0 atom stereocenters. The van der Waals surface area contributed by atoms with Crippen molar-refractivity contribution in [2.24, 2.45) is 23.7 Å². The van der Waals surface area contributed by atoms with Gasteiger partial charge in [-0.3, -0.25) is 0 Å². The van der Waals surface area contributed by atoms with Crippen molar-refractivity contribution in [2.45, 2.75) is 32.1 Å². The van der Waals surface area contributed by atoms with Crippen LogP contribution in [-0.4, -0.2) is 0 Å². The second-order valence-electron chi connectivity index (χ2n) is 4.69. The molecule has 4 aliphatic carbocycles. The Hall–Kier alpha value is -0.200. The van der Waals surface area contributed by atoms with Crippen molar-refractivity contribution >= 4 is 0 Å². The first-order valence-corrected chi connectivity index (χ1v) is 4.85. The van der Waals surface area contributed by atoms with E-state index in [9.17, 15) is 4.39 Å². The zero-order chi connectivity index (χ0) is 7.42. The van der Waals surface area contributed by atoms with Crippen LogP contribution in [0.5, 0.6) is 0 Å². The average molecular weight is 153 g/mol. The van der Waals surface area contributed by atoms with Gasteiger partial charge in [0.25, 0.3) is 0 Å². The predicted octanol–water partition coefficient (Wildman–Crippen LogP) is 2.94. The molecule has 60 valence electrons. The first-order chi connectivity index (χ1) is 5.33. The third-order valence-corrected chi connectivity index (χ3v) is 3.92. The van der Waals surface area contributed by atoms with Crippen LogP contribution in [-0.2, 0) is 0 Å². The van der Waals surface area contributed by atoms with Crippen LogP contribution in [0.25, 0.3) is 0 Å². The Morgan fingerprint density at radius 2 is 1.27 bits per heavy atom. The molecule has 4 bridgehead atoms. The van der Waals surface area contributed by atoms with Crippen LogP contribution in [0.2, 0.25) is 0 Å². The van der Waals surface area contributed by atoms with Gasteiger partial charge in [0, 0.05) is 0 Å². The molecule has 4 saturated carbocycles. The van der Waals surface area contributed by atoms with Crippen LogP contribution in [0.1, 0.15) is 32.1 Å². The molecule has 0 N–H and O–H groups in total. The van der Waals surface area contributed by atoms with E-state index in [1.54, 1.807) is 0 Å². The summed E-state index contributed by atoms with van der Waals surface area (Å²) in [5.41, 5.74) is 0.